The van der Waals surface area contributed by atoms with Crippen molar-refractivity contribution >= 4 is 35.6 Å². The number of guanidine groups is 1. The molecular formula is C31H47N7O6. The second-order valence-corrected chi connectivity index (χ2v) is 11.7. The van der Waals surface area contributed by atoms with E-state index in [1.807, 2.05) is 30.3 Å². The van der Waals surface area contributed by atoms with Crippen LogP contribution in [0.5, 0.6) is 0 Å². The Morgan fingerprint density at radius 3 is 2.20 bits per heavy atom. The van der Waals surface area contributed by atoms with Crippen LogP contribution in [0.4, 0.5) is 0 Å². The highest BCUT2D eigenvalue weighted by Gasteiger charge is 2.38. The summed E-state index contributed by atoms with van der Waals surface area (Å²) in [7, 11) is 0. The molecule has 1 aliphatic heterocycles. The van der Waals surface area contributed by atoms with E-state index in [0.717, 1.165) is 37.7 Å². The maximum atomic E-state index is 13.8. The molecule has 3 rings (SSSR count). The summed E-state index contributed by atoms with van der Waals surface area (Å²) in [6, 6.07) is 5.24. The highest BCUT2D eigenvalue weighted by Crippen LogP contribution is 2.27. The van der Waals surface area contributed by atoms with Gasteiger partial charge < -0.3 is 37.4 Å². The lowest BCUT2D eigenvalue weighted by Gasteiger charge is -2.36. The van der Waals surface area contributed by atoms with Gasteiger partial charge in [-0.3, -0.25) is 24.2 Å². The Kier molecular flexibility index (Phi) is 13.4. The SMILES string of the molecule is CC(=O)NC(C(=O)N[C@@H](CCCN=C(N)N)C(=O)N[C@H](Cc1ccccc1)C(=O)N1CCCCC1C(=O)O)C1CCCCC1. The number of hydrogen-bond acceptors (Lipinski definition) is 6. The minimum absolute atomic E-state index is 0.0579. The van der Waals surface area contributed by atoms with Crippen LogP contribution in [0.25, 0.3) is 0 Å². The van der Waals surface area contributed by atoms with Crippen LogP contribution in [-0.2, 0) is 30.4 Å². The number of likely N-dealkylation sites (tertiary alicyclic amines) is 1. The minimum Gasteiger partial charge on any atom is -0.480 e. The van der Waals surface area contributed by atoms with Gasteiger partial charge >= 0.3 is 5.97 Å². The maximum Gasteiger partial charge on any atom is 0.326 e. The van der Waals surface area contributed by atoms with E-state index >= 15 is 0 Å². The summed E-state index contributed by atoms with van der Waals surface area (Å²) in [4.78, 5) is 70.6. The number of benzene rings is 1. The number of nitrogens with two attached hydrogens (primary N) is 2. The van der Waals surface area contributed by atoms with E-state index in [1.54, 1.807) is 0 Å². The Labute approximate surface area is 258 Å². The van der Waals surface area contributed by atoms with E-state index in [-0.39, 0.29) is 43.7 Å². The lowest BCUT2D eigenvalue weighted by Crippen LogP contribution is -2.60. The Balaban J connectivity index is 1.85. The third kappa shape index (κ3) is 10.5. The first-order valence-corrected chi connectivity index (χ1v) is 15.6. The van der Waals surface area contributed by atoms with Gasteiger partial charge in [0, 0.05) is 26.4 Å². The Morgan fingerprint density at radius 1 is 0.909 bits per heavy atom. The number of carboxylic acid groups (broad SMARTS) is 1. The van der Waals surface area contributed by atoms with Gasteiger partial charge in [-0.1, -0.05) is 49.6 Å². The summed E-state index contributed by atoms with van der Waals surface area (Å²) in [5.41, 5.74) is 11.7. The summed E-state index contributed by atoms with van der Waals surface area (Å²) < 4.78 is 0. The van der Waals surface area contributed by atoms with Crippen LogP contribution in [0.15, 0.2) is 35.3 Å². The van der Waals surface area contributed by atoms with Gasteiger partial charge in [0.25, 0.3) is 0 Å². The monoisotopic (exact) mass is 613 g/mol. The van der Waals surface area contributed by atoms with Crippen LogP contribution in [0.2, 0.25) is 0 Å². The van der Waals surface area contributed by atoms with Crippen molar-refractivity contribution in [1.82, 2.24) is 20.9 Å². The number of amides is 4. The lowest BCUT2D eigenvalue weighted by molar-refractivity contribution is -0.153. The number of carbonyl (C=O) groups excluding carboxylic acids is 4. The molecule has 1 aromatic rings. The molecule has 1 saturated heterocycles. The number of piperidine rings is 1. The number of rotatable bonds is 14. The molecule has 1 aromatic carbocycles. The van der Waals surface area contributed by atoms with Gasteiger partial charge in [-0.05, 0) is 56.4 Å². The third-order valence-electron chi connectivity index (χ3n) is 8.31. The molecule has 44 heavy (non-hydrogen) atoms. The second-order valence-electron chi connectivity index (χ2n) is 11.7. The number of nitrogens with one attached hydrogen (secondary N) is 3. The van der Waals surface area contributed by atoms with Crippen LogP contribution < -0.4 is 27.4 Å². The fraction of sp³-hybridized carbons (Fsp3) is 0.613. The van der Waals surface area contributed by atoms with Gasteiger partial charge in [0.1, 0.15) is 24.2 Å². The van der Waals surface area contributed by atoms with E-state index in [0.29, 0.717) is 25.7 Å². The second kappa shape index (κ2) is 17.2. The summed E-state index contributed by atoms with van der Waals surface area (Å²) in [6.45, 7) is 1.85. The molecule has 1 aliphatic carbocycles. The predicted molar refractivity (Wildman–Crippen MR) is 165 cm³/mol. The highest BCUT2D eigenvalue weighted by molar-refractivity contribution is 5.95. The molecule has 0 aromatic heterocycles. The molecule has 2 aliphatic rings. The quantitative estimate of drug-likeness (QED) is 0.100. The standard InChI is InChI=1S/C31H47N7O6/c1-20(39)35-26(22-13-6-3-7-14-22)28(41)36-23(15-10-17-34-31(32)33)27(40)37-24(19-21-11-4-2-5-12-21)29(42)38-18-9-8-16-25(38)30(43)44/h2,4-5,11-12,22-26H,3,6-10,13-19H2,1H3,(H,35,39)(H,36,41)(H,37,40)(H,43,44)(H4,32,33,34)/t23-,24+,25?,26?/m0/s1. The summed E-state index contributed by atoms with van der Waals surface area (Å²) in [5, 5.41) is 18.2. The van der Waals surface area contributed by atoms with Crippen LogP contribution in [0.1, 0.15) is 76.7 Å². The zero-order chi connectivity index (χ0) is 32.1. The first kappa shape index (κ1) is 34.3. The highest BCUT2D eigenvalue weighted by atomic mass is 16.4. The average molecular weight is 614 g/mol. The number of hydrogen-bond donors (Lipinski definition) is 6. The van der Waals surface area contributed by atoms with Gasteiger partial charge in [0.05, 0.1) is 0 Å². The molecule has 1 heterocycles. The molecule has 1 saturated carbocycles. The zero-order valence-corrected chi connectivity index (χ0v) is 25.5. The predicted octanol–water partition coefficient (Wildman–Crippen LogP) is 0.803. The van der Waals surface area contributed by atoms with Crippen molar-refractivity contribution in [1.29, 1.82) is 0 Å². The van der Waals surface area contributed by atoms with Gasteiger partial charge in [-0.15, -0.1) is 0 Å². The van der Waals surface area contributed by atoms with Crippen molar-refractivity contribution in [2.24, 2.45) is 22.4 Å². The minimum atomic E-state index is -1.08. The molecule has 0 bridgehead atoms. The summed E-state index contributed by atoms with van der Waals surface area (Å²) >= 11 is 0. The molecule has 13 nitrogen and oxygen atoms in total. The van der Waals surface area contributed by atoms with E-state index in [9.17, 15) is 29.1 Å². The lowest BCUT2D eigenvalue weighted by atomic mass is 9.83. The van der Waals surface area contributed by atoms with Crippen molar-refractivity contribution in [3.8, 4) is 0 Å². The summed E-state index contributed by atoms with van der Waals surface area (Å²) in [5.74, 6) is -3.13. The molecule has 13 heteroatoms. The van der Waals surface area contributed by atoms with E-state index in [1.165, 1.54) is 11.8 Å². The number of aliphatic imine (C=N–C) groups is 1. The first-order valence-electron chi connectivity index (χ1n) is 15.6. The number of carbonyl (C=O) groups is 5. The first-order chi connectivity index (χ1) is 21.1. The van der Waals surface area contributed by atoms with Crippen molar-refractivity contribution in [2.75, 3.05) is 13.1 Å². The summed E-state index contributed by atoms with van der Waals surface area (Å²) in [6.07, 6.45) is 6.89. The average Bonchev–Trinajstić information content (AvgIpc) is 3.01. The van der Waals surface area contributed by atoms with Gasteiger partial charge in [-0.25, -0.2) is 4.79 Å². The van der Waals surface area contributed by atoms with Crippen LogP contribution in [0, 0.1) is 5.92 Å². The zero-order valence-electron chi connectivity index (χ0n) is 25.5. The molecule has 2 unspecified atom stereocenters. The largest absolute Gasteiger partial charge is 0.480 e. The molecule has 4 atom stereocenters. The van der Waals surface area contributed by atoms with Gasteiger partial charge in [0.15, 0.2) is 5.96 Å². The van der Waals surface area contributed by atoms with Crippen molar-refractivity contribution in [2.45, 2.75) is 102 Å². The molecular weight excluding hydrogens is 566 g/mol. The molecule has 2 fully saturated rings. The Hall–Kier alpha value is -4.16. The van der Waals surface area contributed by atoms with Gasteiger partial charge in [-0.2, -0.15) is 0 Å². The smallest absolute Gasteiger partial charge is 0.326 e. The topological polar surface area (TPSA) is 209 Å². The fourth-order valence-electron chi connectivity index (χ4n) is 6.09. The van der Waals surface area contributed by atoms with Crippen molar-refractivity contribution < 1.29 is 29.1 Å². The third-order valence-corrected chi connectivity index (χ3v) is 8.31. The normalized spacial score (nSPS) is 19.1. The molecule has 8 N–H and O–H groups in total. The van der Waals surface area contributed by atoms with E-state index < -0.39 is 47.9 Å². The van der Waals surface area contributed by atoms with Crippen molar-refractivity contribution in [3.05, 3.63) is 35.9 Å². The molecule has 4 amide bonds. The number of aliphatic carboxylic acids is 1. The Morgan fingerprint density at radius 2 is 1.57 bits per heavy atom. The molecule has 0 spiro atoms. The van der Waals surface area contributed by atoms with Crippen LogP contribution in [-0.4, -0.2) is 82.8 Å². The molecule has 0 radical (unpaired) electrons. The van der Waals surface area contributed by atoms with Crippen LogP contribution in [0.3, 0.4) is 0 Å². The number of carboxylic acids is 1. The van der Waals surface area contributed by atoms with Crippen molar-refractivity contribution in [3.63, 3.8) is 0 Å². The Bertz CT molecular complexity index is 1170. The van der Waals surface area contributed by atoms with E-state index in [4.69, 9.17) is 11.5 Å². The maximum absolute atomic E-state index is 13.8. The number of nitrogens with zero attached hydrogens (tertiary/aromatic N) is 2. The fourth-order valence-corrected chi connectivity index (χ4v) is 6.09. The molecule has 242 valence electrons. The van der Waals surface area contributed by atoms with Gasteiger partial charge in [0.2, 0.25) is 23.6 Å². The van der Waals surface area contributed by atoms with Crippen LogP contribution >= 0.6 is 0 Å². The van der Waals surface area contributed by atoms with E-state index in [2.05, 4.69) is 20.9 Å².